The van der Waals surface area contributed by atoms with E-state index in [2.05, 4.69) is 5.32 Å². The summed E-state index contributed by atoms with van der Waals surface area (Å²) in [4.78, 5) is 34.6. The third-order valence-corrected chi connectivity index (χ3v) is 3.29. The number of carbonyl (C=O) groups is 3. The Morgan fingerprint density at radius 1 is 1.27 bits per heavy atom. The number of ketones is 1. The van der Waals surface area contributed by atoms with Crippen molar-refractivity contribution in [2.75, 3.05) is 7.11 Å². The van der Waals surface area contributed by atoms with E-state index >= 15 is 0 Å². The summed E-state index contributed by atoms with van der Waals surface area (Å²) in [7, 11) is 1.47. The summed E-state index contributed by atoms with van der Waals surface area (Å²) >= 11 is 0. The lowest BCUT2D eigenvalue weighted by Gasteiger charge is -2.18. The summed E-state index contributed by atoms with van der Waals surface area (Å²) in [5.74, 6) is -1.37. The molecule has 1 amide bonds. The zero-order valence-corrected chi connectivity index (χ0v) is 13.2. The van der Waals surface area contributed by atoms with E-state index in [4.69, 9.17) is 9.84 Å². The molecule has 0 unspecified atom stereocenters. The van der Waals surface area contributed by atoms with Crippen LogP contribution < -0.4 is 10.1 Å². The van der Waals surface area contributed by atoms with Crippen molar-refractivity contribution in [3.63, 3.8) is 0 Å². The van der Waals surface area contributed by atoms with E-state index in [1.165, 1.54) is 14.0 Å². The average Bonchev–Trinajstić information content (AvgIpc) is 2.43. The van der Waals surface area contributed by atoms with Crippen molar-refractivity contribution in [2.45, 2.75) is 33.2 Å². The third-order valence-electron chi connectivity index (χ3n) is 3.29. The summed E-state index contributed by atoms with van der Waals surface area (Å²) in [6, 6.07) is 3.88. The number of rotatable bonds is 7. The van der Waals surface area contributed by atoms with Gasteiger partial charge in [-0.3, -0.25) is 9.59 Å². The van der Waals surface area contributed by atoms with Crippen LogP contribution in [0.3, 0.4) is 0 Å². The molecular formula is C16H21NO5. The summed E-state index contributed by atoms with van der Waals surface area (Å²) in [6.07, 6.45) is -0.0548. The molecule has 1 aromatic carbocycles. The van der Waals surface area contributed by atoms with Crippen molar-refractivity contribution in [1.82, 2.24) is 5.32 Å². The molecule has 0 bridgehead atoms. The van der Waals surface area contributed by atoms with E-state index < -0.39 is 17.9 Å². The predicted octanol–water partition coefficient (Wildman–Crippen LogP) is 1.67. The van der Waals surface area contributed by atoms with Crippen LogP contribution in [0.15, 0.2) is 18.2 Å². The Labute approximate surface area is 129 Å². The Hall–Kier alpha value is -2.37. The first kappa shape index (κ1) is 17.7. The van der Waals surface area contributed by atoms with E-state index in [0.29, 0.717) is 16.9 Å². The largest absolute Gasteiger partial charge is 0.496 e. The van der Waals surface area contributed by atoms with Crippen LogP contribution >= 0.6 is 0 Å². The summed E-state index contributed by atoms with van der Waals surface area (Å²) in [5.41, 5.74) is 1.02. The summed E-state index contributed by atoms with van der Waals surface area (Å²) in [5, 5.41) is 11.6. The molecule has 0 aromatic heterocycles. The SMILES string of the molecule is COc1ccc(C(C)=O)cc1CC(=O)N[C@H](C(=O)O)C(C)C. The Morgan fingerprint density at radius 3 is 2.36 bits per heavy atom. The molecule has 1 rings (SSSR count). The minimum Gasteiger partial charge on any atom is -0.496 e. The zero-order chi connectivity index (χ0) is 16.9. The van der Waals surface area contributed by atoms with Crippen LogP contribution in [0.1, 0.15) is 36.7 Å². The number of Topliss-reactive ketones (excluding diaryl/α,β-unsaturated/α-hetero) is 1. The molecule has 0 heterocycles. The molecular weight excluding hydrogens is 286 g/mol. The fourth-order valence-corrected chi connectivity index (χ4v) is 2.05. The molecule has 0 saturated heterocycles. The van der Waals surface area contributed by atoms with Crippen LogP contribution in [0.5, 0.6) is 5.75 Å². The standard InChI is InChI=1S/C16H21NO5/c1-9(2)15(16(20)21)17-14(19)8-12-7-11(10(3)18)5-6-13(12)22-4/h5-7,9,15H,8H2,1-4H3,(H,17,19)(H,20,21)/t15-/m0/s1. The number of hydrogen-bond donors (Lipinski definition) is 2. The number of nitrogens with one attached hydrogen (secondary N) is 1. The monoisotopic (exact) mass is 307 g/mol. The van der Waals surface area contributed by atoms with Gasteiger partial charge >= 0.3 is 5.97 Å². The van der Waals surface area contributed by atoms with E-state index in [0.717, 1.165) is 0 Å². The van der Waals surface area contributed by atoms with E-state index in [1.54, 1.807) is 32.0 Å². The van der Waals surface area contributed by atoms with Crippen molar-refractivity contribution in [3.8, 4) is 5.75 Å². The number of carboxylic acids is 1. The van der Waals surface area contributed by atoms with Crippen molar-refractivity contribution >= 4 is 17.7 Å². The minimum atomic E-state index is -1.08. The molecule has 1 atom stereocenters. The Bertz CT molecular complexity index is 580. The van der Waals surface area contributed by atoms with Gasteiger partial charge in [0, 0.05) is 11.1 Å². The fraction of sp³-hybridized carbons (Fsp3) is 0.438. The number of aliphatic carboxylic acids is 1. The van der Waals surface area contributed by atoms with Gasteiger partial charge in [-0.25, -0.2) is 4.79 Å². The second-order valence-electron chi connectivity index (χ2n) is 5.39. The third kappa shape index (κ3) is 4.58. The van der Waals surface area contributed by atoms with Crippen LogP contribution in [0.2, 0.25) is 0 Å². The molecule has 120 valence electrons. The van der Waals surface area contributed by atoms with Crippen molar-refractivity contribution in [3.05, 3.63) is 29.3 Å². The molecule has 0 aliphatic heterocycles. The van der Waals surface area contributed by atoms with Gasteiger partial charge in [0.1, 0.15) is 11.8 Å². The van der Waals surface area contributed by atoms with Gasteiger partial charge in [0.15, 0.2) is 5.78 Å². The maximum Gasteiger partial charge on any atom is 0.326 e. The number of methoxy groups -OCH3 is 1. The zero-order valence-electron chi connectivity index (χ0n) is 13.2. The second kappa shape index (κ2) is 7.59. The second-order valence-corrected chi connectivity index (χ2v) is 5.39. The van der Waals surface area contributed by atoms with Crippen molar-refractivity contribution < 1.29 is 24.2 Å². The van der Waals surface area contributed by atoms with E-state index in [-0.39, 0.29) is 18.1 Å². The Morgan fingerprint density at radius 2 is 1.91 bits per heavy atom. The molecule has 6 nitrogen and oxygen atoms in total. The van der Waals surface area contributed by atoms with Crippen LogP contribution in [-0.2, 0) is 16.0 Å². The number of carbonyl (C=O) groups excluding carboxylic acids is 2. The minimum absolute atomic E-state index is 0.0548. The number of amides is 1. The lowest BCUT2D eigenvalue weighted by atomic mass is 10.0. The highest BCUT2D eigenvalue weighted by atomic mass is 16.5. The van der Waals surface area contributed by atoms with Crippen LogP contribution in [0.25, 0.3) is 0 Å². The first-order valence-electron chi connectivity index (χ1n) is 6.96. The molecule has 0 aliphatic rings. The lowest BCUT2D eigenvalue weighted by molar-refractivity contribution is -0.143. The van der Waals surface area contributed by atoms with Crippen LogP contribution in [0, 0.1) is 5.92 Å². The van der Waals surface area contributed by atoms with Crippen LogP contribution in [0.4, 0.5) is 0 Å². The number of benzene rings is 1. The van der Waals surface area contributed by atoms with E-state index in [1.807, 2.05) is 0 Å². The molecule has 0 spiro atoms. The molecule has 0 aliphatic carbocycles. The van der Waals surface area contributed by atoms with Gasteiger partial charge in [-0.1, -0.05) is 13.8 Å². The van der Waals surface area contributed by atoms with Crippen molar-refractivity contribution in [1.29, 1.82) is 0 Å². The predicted molar refractivity (Wildman–Crippen MR) is 81.1 cm³/mol. The average molecular weight is 307 g/mol. The molecule has 0 saturated carbocycles. The quantitative estimate of drug-likeness (QED) is 0.747. The van der Waals surface area contributed by atoms with Crippen LogP contribution in [-0.4, -0.2) is 35.9 Å². The topological polar surface area (TPSA) is 92.7 Å². The first-order chi connectivity index (χ1) is 10.3. The number of hydrogen-bond acceptors (Lipinski definition) is 4. The molecule has 22 heavy (non-hydrogen) atoms. The molecule has 6 heteroatoms. The molecule has 0 radical (unpaired) electrons. The number of carboxylic acid groups (broad SMARTS) is 1. The Balaban J connectivity index is 2.93. The van der Waals surface area contributed by atoms with E-state index in [9.17, 15) is 14.4 Å². The maximum absolute atomic E-state index is 12.1. The van der Waals surface area contributed by atoms with Gasteiger partial charge in [-0.2, -0.15) is 0 Å². The highest BCUT2D eigenvalue weighted by Crippen LogP contribution is 2.21. The lowest BCUT2D eigenvalue weighted by Crippen LogP contribution is -2.44. The van der Waals surface area contributed by atoms with Gasteiger partial charge in [0.2, 0.25) is 5.91 Å². The normalized spacial score (nSPS) is 11.9. The first-order valence-corrected chi connectivity index (χ1v) is 6.96. The van der Waals surface area contributed by atoms with Gasteiger partial charge < -0.3 is 15.2 Å². The highest BCUT2D eigenvalue weighted by Gasteiger charge is 2.24. The van der Waals surface area contributed by atoms with Gasteiger partial charge in [-0.05, 0) is 31.0 Å². The highest BCUT2D eigenvalue weighted by molar-refractivity contribution is 5.95. The summed E-state index contributed by atoms with van der Waals surface area (Å²) < 4.78 is 5.17. The van der Waals surface area contributed by atoms with Gasteiger partial charge in [0.25, 0.3) is 0 Å². The fourth-order valence-electron chi connectivity index (χ4n) is 2.05. The molecule has 1 aromatic rings. The molecule has 2 N–H and O–H groups in total. The Kier molecular flexibility index (Phi) is 6.10. The summed E-state index contributed by atoms with van der Waals surface area (Å²) in [6.45, 7) is 4.87. The molecule has 0 fully saturated rings. The van der Waals surface area contributed by atoms with Crippen molar-refractivity contribution in [2.24, 2.45) is 5.92 Å². The smallest absolute Gasteiger partial charge is 0.326 e. The van der Waals surface area contributed by atoms with Gasteiger partial charge in [-0.15, -0.1) is 0 Å². The maximum atomic E-state index is 12.1. The number of ether oxygens (including phenoxy) is 1. The van der Waals surface area contributed by atoms with Gasteiger partial charge in [0.05, 0.1) is 13.5 Å².